The Kier molecular flexibility index (Phi) is 12.1. The van der Waals surface area contributed by atoms with Crippen LogP contribution < -0.4 is 20.1 Å². The van der Waals surface area contributed by atoms with Gasteiger partial charge in [-0.3, -0.25) is 4.99 Å². The number of benzene rings is 2. The lowest BCUT2D eigenvalue weighted by Crippen LogP contribution is -2.38. The summed E-state index contributed by atoms with van der Waals surface area (Å²) < 4.78 is 16.3. The van der Waals surface area contributed by atoms with E-state index in [1.807, 2.05) is 36.4 Å². The van der Waals surface area contributed by atoms with Crippen molar-refractivity contribution in [1.82, 2.24) is 10.6 Å². The Morgan fingerprint density at radius 3 is 2.31 bits per heavy atom. The number of hydrogen-bond donors (Lipinski definition) is 2. The van der Waals surface area contributed by atoms with Crippen LogP contribution in [0.4, 0.5) is 0 Å². The van der Waals surface area contributed by atoms with Crippen LogP contribution in [0.5, 0.6) is 11.5 Å². The third-order valence-electron chi connectivity index (χ3n) is 4.37. The zero-order chi connectivity index (χ0) is 20.2. The van der Waals surface area contributed by atoms with Crippen LogP contribution in [0.25, 0.3) is 0 Å². The highest BCUT2D eigenvalue weighted by atomic mass is 127. The second-order valence-corrected chi connectivity index (χ2v) is 6.22. The van der Waals surface area contributed by atoms with E-state index in [0.717, 1.165) is 42.5 Å². The molecule has 7 heteroatoms. The molecule has 0 aliphatic carbocycles. The topological polar surface area (TPSA) is 64.1 Å². The maximum atomic E-state index is 5.60. The Bertz CT molecular complexity index is 741. The first-order chi connectivity index (χ1) is 13.7. The Hall–Kier alpha value is -2.00. The zero-order valence-electron chi connectivity index (χ0n) is 17.6. The van der Waals surface area contributed by atoms with E-state index in [1.165, 1.54) is 5.56 Å². The normalized spacial score (nSPS) is 11.9. The van der Waals surface area contributed by atoms with Gasteiger partial charge in [0.2, 0.25) is 0 Å². The highest BCUT2D eigenvalue weighted by Gasteiger charge is 2.10. The molecule has 2 aromatic carbocycles. The van der Waals surface area contributed by atoms with Gasteiger partial charge in [0.05, 0.1) is 20.8 Å². The fourth-order valence-electron chi connectivity index (χ4n) is 2.86. The molecule has 0 radical (unpaired) electrons. The van der Waals surface area contributed by atoms with Crippen LogP contribution in [-0.4, -0.2) is 46.9 Å². The standard InChI is InChI=1S/C22H31N3O3.HI/c1-5-23-22(25-16-21(28-4)18-9-7-6-8-10-18)24-14-13-17-11-12-19(26-2)20(15-17)27-3;/h6-12,15,21H,5,13-14,16H2,1-4H3,(H2,23,24,25);1H. The van der Waals surface area contributed by atoms with Gasteiger partial charge in [0.1, 0.15) is 6.10 Å². The van der Waals surface area contributed by atoms with Gasteiger partial charge in [0.15, 0.2) is 17.5 Å². The molecule has 0 saturated carbocycles. The third kappa shape index (κ3) is 8.10. The maximum Gasteiger partial charge on any atom is 0.191 e. The number of hydrogen-bond acceptors (Lipinski definition) is 4. The molecule has 6 nitrogen and oxygen atoms in total. The SMILES string of the molecule is CCNC(=NCC(OC)c1ccccc1)NCCc1ccc(OC)c(OC)c1.I. The van der Waals surface area contributed by atoms with Crippen molar-refractivity contribution in [3.63, 3.8) is 0 Å². The van der Waals surface area contributed by atoms with Gasteiger partial charge < -0.3 is 24.8 Å². The third-order valence-corrected chi connectivity index (χ3v) is 4.37. The number of ether oxygens (including phenoxy) is 3. The lowest BCUT2D eigenvalue weighted by molar-refractivity contribution is 0.111. The van der Waals surface area contributed by atoms with Crippen molar-refractivity contribution in [2.75, 3.05) is 41.0 Å². The van der Waals surface area contributed by atoms with Gasteiger partial charge in [0, 0.05) is 20.2 Å². The summed E-state index contributed by atoms with van der Waals surface area (Å²) in [4.78, 5) is 4.68. The van der Waals surface area contributed by atoms with Crippen LogP contribution in [0, 0.1) is 0 Å². The molecule has 0 aromatic heterocycles. The molecule has 1 unspecified atom stereocenters. The van der Waals surface area contributed by atoms with Crippen molar-refractivity contribution in [1.29, 1.82) is 0 Å². The van der Waals surface area contributed by atoms with Crippen molar-refractivity contribution in [2.45, 2.75) is 19.4 Å². The van der Waals surface area contributed by atoms with Crippen LogP contribution in [0.3, 0.4) is 0 Å². The quantitative estimate of drug-likeness (QED) is 0.288. The van der Waals surface area contributed by atoms with Gasteiger partial charge in [-0.25, -0.2) is 0 Å². The number of aliphatic imine (C=N–C) groups is 1. The molecule has 0 aliphatic rings. The first kappa shape index (κ1) is 25.0. The minimum Gasteiger partial charge on any atom is -0.493 e. The fourth-order valence-corrected chi connectivity index (χ4v) is 2.86. The van der Waals surface area contributed by atoms with E-state index in [2.05, 4.69) is 34.7 Å². The molecule has 2 N–H and O–H groups in total. The number of nitrogens with one attached hydrogen (secondary N) is 2. The molecule has 2 rings (SSSR count). The molecule has 0 bridgehead atoms. The van der Waals surface area contributed by atoms with Crippen molar-refractivity contribution >= 4 is 29.9 Å². The van der Waals surface area contributed by atoms with E-state index in [4.69, 9.17) is 14.2 Å². The molecule has 2 aromatic rings. The predicted molar refractivity (Wildman–Crippen MR) is 129 cm³/mol. The van der Waals surface area contributed by atoms with Crippen molar-refractivity contribution in [3.05, 3.63) is 59.7 Å². The molecule has 0 aliphatic heterocycles. The van der Waals surface area contributed by atoms with E-state index in [1.54, 1.807) is 21.3 Å². The Morgan fingerprint density at radius 2 is 1.69 bits per heavy atom. The number of halogens is 1. The molecule has 0 saturated heterocycles. The van der Waals surface area contributed by atoms with E-state index in [-0.39, 0.29) is 30.1 Å². The summed E-state index contributed by atoms with van der Waals surface area (Å²) in [5.74, 6) is 2.26. The van der Waals surface area contributed by atoms with Crippen LogP contribution >= 0.6 is 24.0 Å². The number of rotatable bonds is 10. The number of methoxy groups -OCH3 is 3. The molecule has 0 heterocycles. The molecular formula is C22H32IN3O3. The van der Waals surface area contributed by atoms with Gasteiger partial charge in [0.25, 0.3) is 0 Å². The van der Waals surface area contributed by atoms with Crippen LogP contribution in [-0.2, 0) is 11.2 Å². The minimum atomic E-state index is -0.0671. The predicted octanol–water partition coefficient (Wildman–Crippen LogP) is 3.81. The Labute approximate surface area is 191 Å². The Morgan fingerprint density at radius 1 is 0.966 bits per heavy atom. The summed E-state index contributed by atoms with van der Waals surface area (Å²) in [6, 6.07) is 16.1. The first-order valence-electron chi connectivity index (χ1n) is 9.52. The fraction of sp³-hybridized carbons (Fsp3) is 0.409. The number of nitrogens with zero attached hydrogens (tertiary/aromatic N) is 1. The summed E-state index contributed by atoms with van der Waals surface area (Å²) in [7, 11) is 5.00. The van der Waals surface area contributed by atoms with E-state index >= 15 is 0 Å². The largest absolute Gasteiger partial charge is 0.493 e. The Balaban J connectivity index is 0.00000420. The van der Waals surface area contributed by atoms with Crippen LogP contribution in [0.1, 0.15) is 24.2 Å². The molecule has 0 spiro atoms. The summed E-state index contributed by atoms with van der Waals surface area (Å²) >= 11 is 0. The van der Waals surface area contributed by atoms with Crippen LogP contribution in [0.2, 0.25) is 0 Å². The first-order valence-corrected chi connectivity index (χ1v) is 9.52. The summed E-state index contributed by atoms with van der Waals surface area (Å²) in [5, 5.41) is 6.66. The van der Waals surface area contributed by atoms with E-state index < -0.39 is 0 Å². The molecular weight excluding hydrogens is 481 g/mol. The van der Waals surface area contributed by atoms with Crippen molar-refractivity contribution < 1.29 is 14.2 Å². The van der Waals surface area contributed by atoms with E-state index in [9.17, 15) is 0 Å². The van der Waals surface area contributed by atoms with Crippen molar-refractivity contribution in [3.8, 4) is 11.5 Å². The minimum absolute atomic E-state index is 0. The summed E-state index contributed by atoms with van der Waals surface area (Å²) in [6.45, 7) is 4.15. The monoisotopic (exact) mass is 513 g/mol. The van der Waals surface area contributed by atoms with Gasteiger partial charge in [-0.15, -0.1) is 24.0 Å². The smallest absolute Gasteiger partial charge is 0.191 e. The van der Waals surface area contributed by atoms with Gasteiger partial charge in [-0.1, -0.05) is 36.4 Å². The highest BCUT2D eigenvalue weighted by Crippen LogP contribution is 2.27. The van der Waals surface area contributed by atoms with Crippen molar-refractivity contribution in [2.24, 2.45) is 4.99 Å². The molecule has 160 valence electrons. The highest BCUT2D eigenvalue weighted by molar-refractivity contribution is 14.0. The van der Waals surface area contributed by atoms with Gasteiger partial charge >= 0.3 is 0 Å². The molecule has 0 amide bonds. The van der Waals surface area contributed by atoms with E-state index in [0.29, 0.717) is 6.54 Å². The summed E-state index contributed by atoms with van der Waals surface area (Å²) in [5.41, 5.74) is 2.29. The second kappa shape index (κ2) is 14.1. The maximum absolute atomic E-state index is 5.60. The molecule has 0 fully saturated rings. The van der Waals surface area contributed by atoms with Gasteiger partial charge in [-0.05, 0) is 36.6 Å². The summed E-state index contributed by atoms with van der Waals surface area (Å²) in [6.07, 6.45) is 0.777. The average Bonchev–Trinajstić information content (AvgIpc) is 2.74. The lowest BCUT2D eigenvalue weighted by Gasteiger charge is -2.16. The second-order valence-electron chi connectivity index (χ2n) is 6.22. The zero-order valence-corrected chi connectivity index (χ0v) is 19.9. The van der Waals surface area contributed by atoms with Crippen LogP contribution in [0.15, 0.2) is 53.5 Å². The molecule has 1 atom stereocenters. The molecule has 29 heavy (non-hydrogen) atoms. The number of guanidine groups is 1. The lowest BCUT2D eigenvalue weighted by atomic mass is 10.1. The average molecular weight is 513 g/mol. The van der Waals surface area contributed by atoms with Gasteiger partial charge in [-0.2, -0.15) is 0 Å².